The average Bonchev–Trinajstić information content (AvgIpc) is 2.25. The number of anilines is 1. The molecule has 0 aliphatic rings. The fraction of sp³-hybridized carbons (Fsp3) is 0.273. The van der Waals surface area contributed by atoms with Crippen molar-refractivity contribution in [3.05, 3.63) is 30.3 Å². The van der Waals surface area contributed by atoms with Crippen molar-refractivity contribution in [3.63, 3.8) is 0 Å². The van der Waals surface area contributed by atoms with Gasteiger partial charge in [-0.25, -0.2) is 0 Å². The number of thioether (sulfide) groups is 1. The van der Waals surface area contributed by atoms with E-state index in [0.29, 0.717) is 0 Å². The van der Waals surface area contributed by atoms with Gasteiger partial charge in [-0.05, 0) is 23.4 Å². The fourth-order valence-corrected chi connectivity index (χ4v) is 1.32. The molecule has 0 aliphatic carbocycles. The van der Waals surface area contributed by atoms with E-state index >= 15 is 0 Å². The molecule has 0 radical (unpaired) electrons. The second-order valence-electron chi connectivity index (χ2n) is 3.21. The van der Waals surface area contributed by atoms with E-state index in [1.165, 1.54) is 0 Å². The van der Waals surface area contributed by atoms with Crippen molar-refractivity contribution in [2.75, 3.05) is 25.7 Å². The Balaban J connectivity index is 0.00000225. The summed E-state index contributed by atoms with van der Waals surface area (Å²) in [4.78, 5) is 4.31. The first kappa shape index (κ1) is 15.4. The number of amidine groups is 1. The third kappa shape index (κ3) is 6.12. The monoisotopic (exact) mass is 349 g/mol. The van der Waals surface area contributed by atoms with Crippen molar-refractivity contribution in [1.82, 2.24) is 0 Å². The zero-order chi connectivity index (χ0) is 11.1. The molecule has 0 spiro atoms. The highest BCUT2D eigenvalue weighted by Gasteiger charge is 2.01. The Labute approximate surface area is 118 Å². The van der Waals surface area contributed by atoms with Crippen LogP contribution in [0.15, 0.2) is 35.3 Å². The predicted octanol–water partition coefficient (Wildman–Crippen LogP) is -0.878. The largest absolute Gasteiger partial charge is 1.00 e. The molecule has 0 amide bonds. The summed E-state index contributed by atoms with van der Waals surface area (Å²) in [5.41, 5.74) is 1.05. The summed E-state index contributed by atoms with van der Waals surface area (Å²) in [5.74, 6) is 0. The molecule has 88 valence electrons. The van der Waals surface area contributed by atoms with E-state index in [2.05, 4.69) is 10.3 Å². The van der Waals surface area contributed by atoms with Crippen LogP contribution in [-0.4, -0.2) is 36.4 Å². The number of hydrogen-bond acceptors (Lipinski definition) is 1. The Kier molecular flexibility index (Phi) is 8.28. The lowest BCUT2D eigenvalue weighted by Gasteiger charge is -2.01. The van der Waals surface area contributed by atoms with Crippen molar-refractivity contribution < 1.29 is 28.6 Å². The molecular weight excluding hydrogens is 333 g/mol. The van der Waals surface area contributed by atoms with Crippen molar-refractivity contribution in [2.45, 2.75) is 0 Å². The number of rotatable bonds is 2. The zero-order valence-corrected chi connectivity index (χ0v) is 12.6. The molecule has 3 nitrogen and oxygen atoms in total. The van der Waals surface area contributed by atoms with Gasteiger partial charge in [-0.2, -0.15) is 0 Å². The first-order valence-electron chi connectivity index (χ1n) is 4.66. The lowest BCUT2D eigenvalue weighted by atomic mass is 10.3. The Hall–Kier alpha value is -0.560. The maximum absolute atomic E-state index is 4.31. The van der Waals surface area contributed by atoms with E-state index in [1.54, 1.807) is 18.1 Å². The summed E-state index contributed by atoms with van der Waals surface area (Å²) in [6.07, 6.45) is 3.78. The van der Waals surface area contributed by atoms with Crippen molar-refractivity contribution in [2.24, 2.45) is 4.99 Å². The molecule has 0 aliphatic heterocycles. The number of nitrogens with one attached hydrogen (secondary N) is 1. The molecule has 0 atom stereocenters. The van der Waals surface area contributed by atoms with Gasteiger partial charge in [0.25, 0.3) is 11.5 Å². The highest BCUT2D eigenvalue weighted by Crippen LogP contribution is 2.08. The molecule has 0 saturated heterocycles. The van der Waals surface area contributed by atoms with Gasteiger partial charge in [0.05, 0.1) is 14.1 Å². The molecule has 1 rings (SSSR count). The lowest BCUT2D eigenvalue weighted by Crippen LogP contribution is -3.00. The Morgan fingerprint density at radius 2 is 1.94 bits per heavy atom. The Morgan fingerprint density at radius 1 is 1.31 bits per heavy atom. The second kappa shape index (κ2) is 8.58. The van der Waals surface area contributed by atoms with Gasteiger partial charge in [-0.15, -0.1) is 0 Å². The molecule has 0 fully saturated rings. The fourth-order valence-electron chi connectivity index (χ4n) is 0.949. The standard InChI is InChI=1S/C11H15N3S.HI/c1-14(2)9-12-11(15-3)13-10-7-5-4-6-8-10;/h4-9H,1-3H3;1H. The van der Waals surface area contributed by atoms with Crippen LogP contribution in [0.25, 0.3) is 0 Å². The first-order chi connectivity index (χ1) is 7.22. The molecule has 0 saturated carbocycles. The van der Waals surface area contributed by atoms with Crippen LogP contribution in [0.1, 0.15) is 0 Å². The molecule has 1 aromatic carbocycles. The van der Waals surface area contributed by atoms with Crippen molar-refractivity contribution in [1.29, 1.82) is 0 Å². The van der Waals surface area contributed by atoms with Gasteiger partial charge >= 0.3 is 0 Å². The van der Waals surface area contributed by atoms with E-state index in [-0.39, 0.29) is 24.0 Å². The molecule has 0 unspecified atom stereocenters. The molecular formula is C11H16IN3S. The summed E-state index contributed by atoms with van der Waals surface area (Å²) in [6.45, 7) is 0. The van der Waals surface area contributed by atoms with Crippen LogP contribution in [0.5, 0.6) is 0 Å². The van der Waals surface area contributed by atoms with Crippen LogP contribution in [0, 0.1) is 0 Å². The van der Waals surface area contributed by atoms with Gasteiger partial charge in [-0.1, -0.05) is 30.0 Å². The molecule has 1 aromatic rings. The summed E-state index contributed by atoms with van der Waals surface area (Å²) >= 11 is 1.59. The molecule has 0 bridgehead atoms. The van der Waals surface area contributed by atoms with Crippen molar-refractivity contribution in [3.8, 4) is 0 Å². The second-order valence-corrected chi connectivity index (χ2v) is 4.00. The minimum Gasteiger partial charge on any atom is -1.00 e. The third-order valence-corrected chi connectivity index (χ3v) is 2.22. The normalized spacial score (nSPS) is 10.3. The molecule has 5 heteroatoms. The minimum absolute atomic E-state index is 0. The third-order valence-electron chi connectivity index (χ3n) is 1.62. The molecule has 0 aromatic heterocycles. The summed E-state index contributed by atoms with van der Waals surface area (Å²) in [5, 5.41) is 4.12. The Bertz CT molecular complexity index is 359. The number of nitrogens with zero attached hydrogens (tertiary/aromatic N) is 2. The zero-order valence-electron chi connectivity index (χ0n) is 9.64. The highest BCUT2D eigenvalue weighted by molar-refractivity contribution is 8.13. The topological polar surface area (TPSA) is 27.4 Å². The van der Waals surface area contributed by atoms with Gasteiger partial charge in [0, 0.05) is 5.69 Å². The van der Waals surface area contributed by atoms with Gasteiger partial charge in [-0.3, -0.25) is 4.58 Å². The van der Waals surface area contributed by atoms with E-state index in [9.17, 15) is 0 Å². The number of hydrogen-bond donors (Lipinski definition) is 1. The van der Waals surface area contributed by atoms with E-state index in [1.807, 2.05) is 55.3 Å². The number of benzene rings is 1. The summed E-state index contributed by atoms with van der Waals surface area (Å²) < 4.78 is 1.91. The first-order valence-corrected chi connectivity index (χ1v) is 5.88. The van der Waals surface area contributed by atoms with Crippen LogP contribution >= 0.6 is 11.8 Å². The van der Waals surface area contributed by atoms with Gasteiger partial charge in [0.15, 0.2) is 0 Å². The highest BCUT2D eigenvalue weighted by atomic mass is 127. The van der Waals surface area contributed by atoms with Crippen LogP contribution in [0.3, 0.4) is 0 Å². The van der Waals surface area contributed by atoms with Gasteiger partial charge in [0.1, 0.15) is 0 Å². The number of aliphatic imine (C=N–C) groups is 1. The minimum atomic E-state index is 0. The number of halogens is 1. The quantitative estimate of drug-likeness (QED) is 0.325. The van der Waals surface area contributed by atoms with E-state index < -0.39 is 0 Å². The smallest absolute Gasteiger partial charge is 0.284 e. The molecule has 16 heavy (non-hydrogen) atoms. The average molecular weight is 349 g/mol. The molecule has 1 N–H and O–H groups in total. The van der Waals surface area contributed by atoms with E-state index in [4.69, 9.17) is 0 Å². The molecule has 0 heterocycles. The van der Waals surface area contributed by atoms with Crippen LogP contribution in [0.4, 0.5) is 5.69 Å². The van der Waals surface area contributed by atoms with E-state index in [0.717, 1.165) is 10.9 Å². The Morgan fingerprint density at radius 3 is 2.44 bits per heavy atom. The van der Waals surface area contributed by atoms with Crippen LogP contribution in [-0.2, 0) is 0 Å². The maximum Gasteiger partial charge on any atom is 0.284 e. The summed E-state index contributed by atoms with van der Waals surface area (Å²) in [6, 6.07) is 10.0. The summed E-state index contributed by atoms with van der Waals surface area (Å²) in [7, 11) is 3.90. The van der Waals surface area contributed by atoms with Gasteiger partial charge < -0.3 is 29.3 Å². The number of para-hydroxylation sites is 1. The maximum atomic E-state index is 4.31. The van der Waals surface area contributed by atoms with Crippen molar-refractivity contribution >= 4 is 29.0 Å². The predicted molar refractivity (Wildman–Crippen MR) is 69.2 cm³/mol. The lowest BCUT2D eigenvalue weighted by molar-refractivity contribution is -0.460. The van der Waals surface area contributed by atoms with Crippen LogP contribution in [0.2, 0.25) is 0 Å². The van der Waals surface area contributed by atoms with Crippen LogP contribution < -0.4 is 29.3 Å². The van der Waals surface area contributed by atoms with Gasteiger partial charge in [0.2, 0.25) is 0 Å². The SMILES string of the molecule is CSC(=NC=[N+](C)C)Nc1ccccc1.[I-].